The van der Waals surface area contributed by atoms with Gasteiger partial charge < -0.3 is 15.2 Å². The molecule has 0 aromatic heterocycles. The van der Waals surface area contributed by atoms with E-state index in [9.17, 15) is 0 Å². The van der Waals surface area contributed by atoms with Crippen molar-refractivity contribution in [3.63, 3.8) is 0 Å². The molecule has 0 radical (unpaired) electrons. The summed E-state index contributed by atoms with van der Waals surface area (Å²) in [6.07, 6.45) is 9.15. The first-order chi connectivity index (χ1) is 9.28. The predicted octanol–water partition coefficient (Wildman–Crippen LogP) is 3.20. The average molecular weight is 259 g/mol. The molecule has 3 heteroatoms. The van der Waals surface area contributed by atoms with Crippen molar-refractivity contribution in [1.29, 1.82) is 0 Å². The first-order valence-corrected chi connectivity index (χ1v) is 7.03. The minimum atomic E-state index is 0.0746. The van der Waals surface area contributed by atoms with Gasteiger partial charge in [-0.25, -0.2) is 0 Å². The fourth-order valence-corrected chi connectivity index (χ4v) is 3.08. The van der Waals surface area contributed by atoms with Gasteiger partial charge in [0.15, 0.2) is 0 Å². The van der Waals surface area contributed by atoms with E-state index in [1.165, 1.54) is 6.42 Å². The number of benzene rings is 1. The molecule has 19 heavy (non-hydrogen) atoms. The number of allylic oxidation sites excluding steroid dienone is 2. The van der Waals surface area contributed by atoms with Crippen LogP contribution in [0, 0.1) is 5.92 Å². The monoisotopic (exact) mass is 259 g/mol. The van der Waals surface area contributed by atoms with Crippen molar-refractivity contribution in [2.45, 2.75) is 37.8 Å². The highest BCUT2D eigenvalue weighted by atomic mass is 16.5. The largest absolute Gasteiger partial charge is 0.497 e. The normalized spacial score (nSPS) is 29.5. The van der Waals surface area contributed by atoms with Crippen LogP contribution in [0.1, 0.15) is 37.3 Å². The summed E-state index contributed by atoms with van der Waals surface area (Å²) >= 11 is 0. The molecule has 0 saturated carbocycles. The van der Waals surface area contributed by atoms with Crippen LogP contribution in [0.15, 0.2) is 30.4 Å². The average Bonchev–Trinajstić information content (AvgIpc) is 2.47. The molecule has 0 saturated heterocycles. The maximum absolute atomic E-state index is 6.30. The fraction of sp³-hybridized carbons (Fsp3) is 0.500. The standard InChI is InChI=1S/C16H21NO2/c1-18-12-7-8-13-14(17)10-15(19-16(13)9-12)11-5-3-2-4-6-11/h2-3,7-9,11,14-15H,4-6,10,17H2,1H3. The van der Waals surface area contributed by atoms with Crippen molar-refractivity contribution in [2.24, 2.45) is 11.7 Å². The van der Waals surface area contributed by atoms with Crippen LogP contribution in [0.3, 0.4) is 0 Å². The summed E-state index contributed by atoms with van der Waals surface area (Å²) in [5, 5.41) is 0. The van der Waals surface area contributed by atoms with E-state index in [2.05, 4.69) is 12.2 Å². The highest BCUT2D eigenvalue weighted by Gasteiger charge is 2.31. The summed E-state index contributed by atoms with van der Waals surface area (Å²) < 4.78 is 11.5. The van der Waals surface area contributed by atoms with E-state index in [4.69, 9.17) is 15.2 Å². The van der Waals surface area contributed by atoms with Crippen LogP contribution >= 0.6 is 0 Å². The van der Waals surface area contributed by atoms with Crippen LogP contribution < -0.4 is 15.2 Å². The zero-order valence-corrected chi connectivity index (χ0v) is 11.3. The molecule has 0 spiro atoms. The van der Waals surface area contributed by atoms with Crippen LogP contribution in [-0.4, -0.2) is 13.2 Å². The third kappa shape index (κ3) is 2.47. The van der Waals surface area contributed by atoms with Gasteiger partial charge in [0.25, 0.3) is 0 Å². The maximum atomic E-state index is 6.30. The Morgan fingerprint density at radius 3 is 2.95 bits per heavy atom. The Labute approximate surface area is 114 Å². The second kappa shape index (κ2) is 5.25. The molecule has 1 heterocycles. The zero-order chi connectivity index (χ0) is 13.2. The number of fused-ring (bicyclic) bond motifs is 1. The van der Waals surface area contributed by atoms with Gasteiger partial charge in [-0.2, -0.15) is 0 Å². The van der Waals surface area contributed by atoms with Gasteiger partial charge in [0.05, 0.1) is 7.11 Å². The summed E-state index contributed by atoms with van der Waals surface area (Å²) in [4.78, 5) is 0. The lowest BCUT2D eigenvalue weighted by atomic mass is 9.84. The molecular weight excluding hydrogens is 238 g/mol. The Balaban J connectivity index is 1.83. The van der Waals surface area contributed by atoms with Crippen molar-refractivity contribution >= 4 is 0 Å². The van der Waals surface area contributed by atoms with E-state index in [0.717, 1.165) is 36.3 Å². The van der Waals surface area contributed by atoms with Gasteiger partial charge in [0.1, 0.15) is 17.6 Å². The Hall–Kier alpha value is -1.48. The minimum absolute atomic E-state index is 0.0746. The summed E-state index contributed by atoms with van der Waals surface area (Å²) in [5.74, 6) is 2.32. The van der Waals surface area contributed by atoms with Gasteiger partial charge in [-0.05, 0) is 31.2 Å². The number of nitrogens with two attached hydrogens (primary N) is 1. The van der Waals surface area contributed by atoms with E-state index in [1.807, 2.05) is 18.2 Å². The fourth-order valence-electron chi connectivity index (χ4n) is 3.08. The lowest BCUT2D eigenvalue weighted by Crippen LogP contribution is -2.35. The first kappa shape index (κ1) is 12.5. The van der Waals surface area contributed by atoms with Crippen LogP contribution in [0.25, 0.3) is 0 Å². The quantitative estimate of drug-likeness (QED) is 0.829. The number of hydrogen-bond acceptors (Lipinski definition) is 3. The lowest BCUT2D eigenvalue weighted by molar-refractivity contribution is 0.0934. The van der Waals surface area contributed by atoms with Crippen molar-refractivity contribution in [1.82, 2.24) is 0 Å². The molecule has 1 aliphatic heterocycles. The second-order valence-electron chi connectivity index (χ2n) is 5.45. The molecule has 2 aliphatic rings. The Bertz CT molecular complexity index is 484. The first-order valence-electron chi connectivity index (χ1n) is 7.03. The van der Waals surface area contributed by atoms with Gasteiger partial charge in [0.2, 0.25) is 0 Å². The Kier molecular flexibility index (Phi) is 3.47. The minimum Gasteiger partial charge on any atom is -0.497 e. The molecule has 1 aliphatic carbocycles. The molecule has 0 fully saturated rings. The lowest BCUT2D eigenvalue weighted by Gasteiger charge is -2.35. The molecule has 3 nitrogen and oxygen atoms in total. The van der Waals surface area contributed by atoms with E-state index in [1.54, 1.807) is 7.11 Å². The van der Waals surface area contributed by atoms with Crippen molar-refractivity contribution < 1.29 is 9.47 Å². The Morgan fingerprint density at radius 2 is 2.21 bits per heavy atom. The highest BCUT2D eigenvalue weighted by molar-refractivity contribution is 5.43. The van der Waals surface area contributed by atoms with Crippen molar-refractivity contribution in [3.8, 4) is 11.5 Å². The topological polar surface area (TPSA) is 44.5 Å². The molecule has 2 N–H and O–H groups in total. The number of hydrogen-bond donors (Lipinski definition) is 1. The van der Waals surface area contributed by atoms with E-state index in [-0.39, 0.29) is 12.1 Å². The number of rotatable bonds is 2. The van der Waals surface area contributed by atoms with Crippen LogP contribution in [0.2, 0.25) is 0 Å². The summed E-state index contributed by atoms with van der Waals surface area (Å²) in [6.45, 7) is 0. The molecule has 1 aromatic carbocycles. The van der Waals surface area contributed by atoms with Crippen molar-refractivity contribution in [3.05, 3.63) is 35.9 Å². The SMILES string of the molecule is COc1ccc2c(c1)OC(C1CC=CCC1)CC2N. The van der Waals surface area contributed by atoms with Gasteiger partial charge in [-0.1, -0.05) is 18.2 Å². The third-order valence-electron chi connectivity index (χ3n) is 4.22. The van der Waals surface area contributed by atoms with E-state index >= 15 is 0 Å². The van der Waals surface area contributed by atoms with E-state index < -0.39 is 0 Å². The van der Waals surface area contributed by atoms with Gasteiger partial charge >= 0.3 is 0 Å². The number of ether oxygens (including phenoxy) is 2. The number of methoxy groups -OCH3 is 1. The maximum Gasteiger partial charge on any atom is 0.128 e. The zero-order valence-electron chi connectivity index (χ0n) is 11.3. The molecule has 102 valence electrons. The van der Waals surface area contributed by atoms with E-state index in [0.29, 0.717) is 5.92 Å². The molecule has 0 amide bonds. The van der Waals surface area contributed by atoms with Gasteiger partial charge in [0, 0.05) is 24.1 Å². The van der Waals surface area contributed by atoms with Crippen molar-refractivity contribution in [2.75, 3.05) is 7.11 Å². The summed E-state index contributed by atoms with van der Waals surface area (Å²) in [5.41, 5.74) is 7.40. The smallest absolute Gasteiger partial charge is 0.128 e. The molecular formula is C16H21NO2. The van der Waals surface area contributed by atoms with Gasteiger partial charge in [-0.15, -0.1) is 0 Å². The molecule has 1 aromatic rings. The highest BCUT2D eigenvalue weighted by Crippen LogP contribution is 2.39. The predicted molar refractivity (Wildman–Crippen MR) is 75.4 cm³/mol. The van der Waals surface area contributed by atoms with Gasteiger partial charge in [-0.3, -0.25) is 0 Å². The molecule has 0 bridgehead atoms. The molecule has 3 atom stereocenters. The molecule has 3 rings (SSSR count). The summed E-state index contributed by atoms with van der Waals surface area (Å²) in [7, 11) is 1.67. The third-order valence-corrected chi connectivity index (χ3v) is 4.22. The Morgan fingerprint density at radius 1 is 1.32 bits per heavy atom. The summed E-state index contributed by atoms with van der Waals surface area (Å²) in [6, 6.07) is 6.01. The second-order valence-corrected chi connectivity index (χ2v) is 5.45. The van der Waals surface area contributed by atoms with Crippen LogP contribution in [0.5, 0.6) is 11.5 Å². The molecule has 3 unspecified atom stereocenters. The van der Waals surface area contributed by atoms with Crippen LogP contribution in [0.4, 0.5) is 0 Å². The van der Waals surface area contributed by atoms with Crippen LogP contribution in [-0.2, 0) is 0 Å².